The summed E-state index contributed by atoms with van der Waals surface area (Å²) in [5, 5.41) is 0. The van der Waals surface area contributed by atoms with Gasteiger partial charge in [-0.2, -0.15) is 0 Å². The largest absolute Gasteiger partial charge is 0.330 e. The number of hydrogen-bond donors (Lipinski definition) is 1. The number of rotatable bonds is 2. The quantitative estimate of drug-likeness (QED) is 0.529. The van der Waals surface area contributed by atoms with Crippen LogP contribution >= 0.6 is 24.0 Å². The van der Waals surface area contributed by atoms with E-state index in [2.05, 4.69) is 12.1 Å². The van der Waals surface area contributed by atoms with Crippen molar-refractivity contribution in [3.8, 4) is 0 Å². The van der Waals surface area contributed by atoms with Crippen molar-refractivity contribution in [2.75, 3.05) is 6.54 Å². The van der Waals surface area contributed by atoms with Crippen molar-refractivity contribution in [3.05, 3.63) is 35.9 Å². The molecule has 0 heterocycles. The van der Waals surface area contributed by atoms with Gasteiger partial charge in [0, 0.05) is 27.3 Å². The van der Waals surface area contributed by atoms with Crippen molar-refractivity contribution >= 4 is 51.3 Å². The average molecular weight is 456 g/mol. The molecule has 1 aromatic carbocycles. The zero-order valence-electron chi connectivity index (χ0n) is 6.29. The van der Waals surface area contributed by atoms with E-state index in [9.17, 15) is 0 Å². The zero-order chi connectivity index (χ0) is 6.53. The van der Waals surface area contributed by atoms with Crippen molar-refractivity contribution in [1.29, 1.82) is 0 Å². The second kappa shape index (κ2) is 8.92. The Balaban J connectivity index is 0. The molecule has 0 aromatic heterocycles. The summed E-state index contributed by atoms with van der Waals surface area (Å²) < 4.78 is 0. The van der Waals surface area contributed by atoms with E-state index < -0.39 is 0 Å². The minimum absolute atomic E-state index is 0. The molecule has 11 heavy (non-hydrogen) atoms. The van der Waals surface area contributed by atoms with Crippen LogP contribution in [0.3, 0.4) is 0 Å². The van der Waals surface area contributed by atoms with Crippen LogP contribution in [-0.4, -0.2) is 33.8 Å². The van der Waals surface area contributed by atoms with E-state index in [1.807, 2.05) is 18.2 Å². The summed E-state index contributed by atoms with van der Waals surface area (Å²) >= 11 is 0. The van der Waals surface area contributed by atoms with Gasteiger partial charge in [0.15, 0.2) is 0 Å². The average Bonchev–Trinajstić information content (AvgIpc) is 1.91. The van der Waals surface area contributed by atoms with Gasteiger partial charge < -0.3 is 5.73 Å². The van der Waals surface area contributed by atoms with Gasteiger partial charge in [-0.15, -0.1) is 24.0 Å². The normalized spacial score (nSPS) is 7.73. The molecule has 1 aromatic rings. The summed E-state index contributed by atoms with van der Waals surface area (Å²) in [5.74, 6) is 0. The van der Waals surface area contributed by atoms with E-state index in [1.165, 1.54) is 5.56 Å². The molecule has 0 spiro atoms. The third kappa shape index (κ3) is 6.04. The van der Waals surface area contributed by atoms with Gasteiger partial charge in [0.25, 0.3) is 0 Å². The Morgan fingerprint density at radius 1 is 1.09 bits per heavy atom. The van der Waals surface area contributed by atoms with E-state index in [-0.39, 0.29) is 51.3 Å². The van der Waals surface area contributed by atoms with E-state index in [1.54, 1.807) is 0 Å². The predicted molar refractivity (Wildman–Crippen MR) is 60.4 cm³/mol. The molecular weight excluding hydrogens is 444 g/mol. The molecule has 0 unspecified atom stereocenters. The standard InChI is InChI=1S/C8H11N.HI.Pb/c9-7-6-8-4-2-1-3-5-8;;/h1-5H,6-7,9H2;1H;. The third-order valence-electron chi connectivity index (χ3n) is 1.28. The summed E-state index contributed by atoms with van der Waals surface area (Å²) in [7, 11) is 0. The molecular formula is C8H12INPb. The Morgan fingerprint density at radius 2 is 1.64 bits per heavy atom. The number of hydrogen-bond acceptors (Lipinski definition) is 1. The van der Waals surface area contributed by atoms with Crippen molar-refractivity contribution < 1.29 is 0 Å². The summed E-state index contributed by atoms with van der Waals surface area (Å²) in [5.41, 5.74) is 6.68. The van der Waals surface area contributed by atoms with Gasteiger partial charge in [0.1, 0.15) is 0 Å². The first-order chi connectivity index (χ1) is 4.43. The Kier molecular flexibility index (Phi) is 11.7. The van der Waals surface area contributed by atoms with Crippen molar-refractivity contribution in [2.24, 2.45) is 5.73 Å². The SMILES string of the molecule is I.NCCc1ccccc1.[Pb]. The molecule has 1 rings (SSSR count). The van der Waals surface area contributed by atoms with Gasteiger partial charge >= 0.3 is 0 Å². The van der Waals surface area contributed by atoms with Gasteiger partial charge in [0.05, 0.1) is 0 Å². The fourth-order valence-electron chi connectivity index (χ4n) is 0.811. The fraction of sp³-hybridized carbons (Fsp3) is 0.250. The van der Waals surface area contributed by atoms with E-state index in [0.717, 1.165) is 13.0 Å². The first kappa shape index (κ1) is 14.4. The molecule has 2 N–H and O–H groups in total. The summed E-state index contributed by atoms with van der Waals surface area (Å²) in [6.07, 6.45) is 0.987. The van der Waals surface area contributed by atoms with E-state index in [0.29, 0.717) is 0 Å². The second-order valence-electron chi connectivity index (χ2n) is 2.02. The zero-order valence-corrected chi connectivity index (χ0v) is 12.5. The van der Waals surface area contributed by atoms with Crippen LogP contribution in [-0.2, 0) is 6.42 Å². The minimum atomic E-state index is 0. The molecule has 0 atom stereocenters. The Bertz CT molecular complexity index is 167. The van der Waals surface area contributed by atoms with Crippen LogP contribution in [0.15, 0.2) is 30.3 Å². The molecule has 3 heteroatoms. The van der Waals surface area contributed by atoms with E-state index >= 15 is 0 Å². The van der Waals surface area contributed by atoms with Gasteiger partial charge in [0.2, 0.25) is 0 Å². The molecule has 0 fully saturated rings. The monoisotopic (exact) mass is 457 g/mol. The van der Waals surface area contributed by atoms with Crippen LogP contribution in [0.1, 0.15) is 5.56 Å². The van der Waals surface area contributed by atoms with Gasteiger partial charge in [-0.05, 0) is 18.5 Å². The van der Waals surface area contributed by atoms with Gasteiger partial charge in [-0.1, -0.05) is 30.3 Å². The molecule has 0 bridgehead atoms. The maximum Gasteiger partial charge on any atom is 0 e. The molecule has 0 aliphatic heterocycles. The summed E-state index contributed by atoms with van der Waals surface area (Å²) in [6.45, 7) is 0.740. The molecule has 0 aliphatic rings. The molecule has 0 aliphatic carbocycles. The maximum atomic E-state index is 5.36. The first-order valence-electron chi connectivity index (χ1n) is 3.17. The Labute approximate surface area is 105 Å². The van der Waals surface area contributed by atoms with Crippen LogP contribution < -0.4 is 5.73 Å². The summed E-state index contributed by atoms with van der Waals surface area (Å²) in [6, 6.07) is 10.3. The fourth-order valence-corrected chi connectivity index (χ4v) is 0.811. The van der Waals surface area contributed by atoms with Gasteiger partial charge in [-0.3, -0.25) is 0 Å². The number of benzene rings is 1. The molecule has 4 radical (unpaired) electrons. The predicted octanol–water partition coefficient (Wildman–Crippen LogP) is 1.43. The molecule has 0 amide bonds. The van der Waals surface area contributed by atoms with Gasteiger partial charge in [-0.25, -0.2) is 0 Å². The maximum absolute atomic E-state index is 5.36. The molecule has 60 valence electrons. The van der Waals surface area contributed by atoms with Crippen LogP contribution in [0, 0.1) is 0 Å². The van der Waals surface area contributed by atoms with Crippen molar-refractivity contribution in [1.82, 2.24) is 0 Å². The smallest absolute Gasteiger partial charge is 0 e. The van der Waals surface area contributed by atoms with Crippen LogP contribution in [0.4, 0.5) is 0 Å². The Hall–Kier alpha value is 0.832. The summed E-state index contributed by atoms with van der Waals surface area (Å²) in [4.78, 5) is 0. The Morgan fingerprint density at radius 3 is 2.09 bits per heavy atom. The number of halogens is 1. The first-order valence-corrected chi connectivity index (χ1v) is 3.17. The topological polar surface area (TPSA) is 26.0 Å². The van der Waals surface area contributed by atoms with Crippen LogP contribution in [0.25, 0.3) is 0 Å². The van der Waals surface area contributed by atoms with Crippen molar-refractivity contribution in [3.63, 3.8) is 0 Å². The molecule has 0 saturated carbocycles. The van der Waals surface area contributed by atoms with Crippen LogP contribution in [0.2, 0.25) is 0 Å². The minimum Gasteiger partial charge on any atom is -0.330 e. The third-order valence-corrected chi connectivity index (χ3v) is 1.28. The second-order valence-corrected chi connectivity index (χ2v) is 2.02. The van der Waals surface area contributed by atoms with Crippen LogP contribution in [0.5, 0.6) is 0 Å². The molecule has 0 saturated heterocycles. The number of nitrogens with two attached hydrogens (primary N) is 1. The van der Waals surface area contributed by atoms with Crippen molar-refractivity contribution in [2.45, 2.75) is 6.42 Å². The van der Waals surface area contributed by atoms with E-state index in [4.69, 9.17) is 5.73 Å². The molecule has 1 nitrogen and oxygen atoms in total.